The molecule has 0 spiro atoms. The van der Waals surface area contributed by atoms with Crippen molar-refractivity contribution >= 4 is 11.5 Å². The molecule has 0 radical (unpaired) electrons. The Morgan fingerprint density at radius 1 is 0.889 bits per heavy atom. The van der Waals surface area contributed by atoms with Crippen LogP contribution in [0.3, 0.4) is 0 Å². The van der Waals surface area contributed by atoms with Crippen molar-refractivity contribution < 1.29 is 4.79 Å². The zero-order valence-electron chi connectivity index (χ0n) is 14.4. The van der Waals surface area contributed by atoms with Gasteiger partial charge in [0.1, 0.15) is 5.69 Å². The number of nitrogens with zero attached hydrogens (tertiary/aromatic N) is 2. The highest BCUT2D eigenvalue weighted by atomic mass is 16.1. The maximum atomic E-state index is 12.8. The lowest BCUT2D eigenvalue weighted by atomic mass is 10.0. The maximum Gasteiger partial charge on any atom is 0.198 e. The number of nitrogens with one attached hydrogen (secondary N) is 2. The van der Waals surface area contributed by atoms with Crippen LogP contribution in [0.4, 0.5) is 5.69 Å². The van der Waals surface area contributed by atoms with Crippen LogP contribution in [0.25, 0.3) is 22.5 Å². The lowest BCUT2D eigenvalue weighted by Crippen LogP contribution is -2.00. The second-order valence-corrected chi connectivity index (χ2v) is 6.48. The van der Waals surface area contributed by atoms with Crippen LogP contribution in [-0.2, 0) is 6.54 Å². The average molecular weight is 352 g/mol. The molecule has 0 fully saturated rings. The highest BCUT2D eigenvalue weighted by Gasteiger charge is 2.32. The van der Waals surface area contributed by atoms with Gasteiger partial charge >= 0.3 is 0 Å². The zero-order chi connectivity index (χ0) is 18.2. The molecule has 0 bridgehead atoms. The summed E-state index contributed by atoms with van der Waals surface area (Å²) >= 11 is 0. The molecule has 130 valence electrons. The molecule has 2 aromatic heterocycles. The van der Waals surface area contributed by atoms with E-state index < -0.39 is 0 Å². The van der Waals surface area contributed by atoms with Gasteiger partial charge in [-0.05, 0) is 17.7 Å². The molecule has 5 nitrogen and oxygen atoms in total. The predicted molar refractivity (Wildman–Crippen MR) is 104 cm³/mol. The van der Waals surface area contributed by atoms with Gasteiger partial charge in [-0.1, -0.05) is 48.5 Å². The van der Waals surface area contributed by atoms with Crippen molar-refractivity contribution in [1.82, 2.24) is 15.2 Å². The van der Waals surface area contributed by atoms with Crippen molar-refractivity contribution in [3.63, 3.8) is 0 Å². The number of aromatic nitrogens is 3. The number of carbonyl (C=O) groups excluding carboxylic acids is 1. The molecule has 0 aliphatic heterocycles. The number of carbonyl (C=O) groups is 1. The fourth-order valence-corrected chi connectivity index (χ4v) is 3.46. The monoisotopic (exact) mass is 352 g/mol. The molecule has 27 heavy (non-hydrogen) atoms. The summed E-state index contributed by atoms with van der Waals surface area (Å²) in [6.07, 6.45) is 3.53. The van der Waals surface area contributed by atoms with E-state index in [1.54, 1.807) is 12.4 Å². The number of ketones is 1. The molecular formula is C22H16N4O. The third-order valence-electron chi connectivity index (χ3n) is 4.84. The first-order valence-electron chi connectivity index (χ1n) is 8.77. The van der Waals surface area contributed by atoms with E-state index in [1.807, 2.05) is 48.5 Å². The van der Waals surface area contributed by atoms with E-state index in [0.717, 1.165) is 33.6 Å². The normalized spacial score (nSPS) is 11.9. The van der Waals surface area contributed by atoms with E-state index in [0.29, 0.717) is 17.8 Å². The van der Waals surface area contributed by atoms with E-state index in [1.165, 1.54) is 0 Å². The molecule has 0 saturated carbocycles. The van der Waals surface area contributed by atoms with Crippen LogP contribution < -0.4 is 5.32 Å². The summed E-state index contributed by atoms with van der Waals surface area (Å²) in [6.45, 7) is 0.716. The van der Waals surface area contributed by atoms with Gasteiger partial charge in [0.25, 0.3) is 0 Å². The topological polar surface area (TPSA) is 70.7 Å². The van der Waals surface area contributed by atoms with Crippen LogP contribution >= 0.6 is 0 Å². The largest absolute Gasteiger partial charge is 0.381 e. The first kappa shape index (κ1) is 15.5. The van der Waals surface area contributed by atoms with Gasteiger partial charge in [-0.25, -0.2) is 0 Å². The summed E-state index contributed by atoms with van der Waals surface area (Å²) in [6, 6.07) is 19.6. The van der Waals surface area contributed by atoms with E-state index in [4.69, 9.17) is 0 Å². The van der Waals surface area contributed by atoms with Crippen molar-refractivity contribution in [2.24, 2.45) is 0 Å². The number of rotatable bonds is 4. The first-order chi connectivity index (χ1) is 13.3. The Balaban J connectivity index is 1.41. The molecule has 0 amide bonds. The Morgan fingerprint density at radius 2 is 1.63 bits per heavy atom. The third kappa shape index (κ3) is 2.60. The molecule has 0 unspecified atom stereocenters. The number of benzene rings is 2. The molecular weight excluding hydrogens is 336 g/mol. The Kier molecular flexibility index (Phi) is 3.57. The fraction of sp³-hybridized carbons (Fsp3) is 0.0455. The van der Waals surface area contributed by atoms with Crippen molar-refractivity contribution in [3.05, 3.63) is 89.7 Å². The fourth-order valence-electron chi connectivity index (χ4n) is 3.46. The molecule has 5 heteroatoms. The van der Waals surface area contributed by atoms with Crippen LogP contribution in [0, 0.1) is 0 Å². The molecule has 2 heterocycles. The Morgan fingerprint density at radius 3 is 2.41 bits per heavy atom. The number of aromatic amines is 1. The molecule has 1 aliphatic rings. The number of anilines is 1. The molecule has 1 aliphatic carbocycles. The van der Waals surface area contributed by atoms with Gasteiger partial charge in [-0.3, -0.25) is 14.9 Å². The summed E-state index contributed by atoms with van der Waals surface area (Å²) < 4.78 is 0. The lowest BCUT2D eigenvalue weighted by Gasteiger charge is -2.07. The van der Waals surface area contributed by atoms with Gasteiger partial charge in [-0.2, -0.15) is 5.10 Å². The van der Waals surface area contributed by atoms with E-state index in [2.05, 4.69) is 32.6 Å². The summed E-state index contributed by atoms with van der Waals surface area (Å²) in [4.78, 5) is 16.8. The van der Waals surface area contributed by atoms with Crippen LogP contribution in [0.1, 0.15) is 21.5 Å². The van der Waals surface area contributed by atoms with Crippen LogP contribution in [0.15, 0.2) is 73.1 Å². The van der Waals surface area contributed by atoms with Crippen LogP contribution in [0.2, 0.25) is 0 Å². The Hall–Kier alpha value is -3.73. The number of H-pyrrole nitrogens is 1. The van der Waals surface area contributed by atoms with Crippen molar-refractivity contribution in [2.45, 2.75) is 6.54 Å². The number of fused-ring (bicyclic) bond motifs is 3. The molecule has 2 N–H and O–H groups in total. The maximum absolute atomic E-state index is 12.8. The highest BCUT2D eigenvalue weighted by molar-refractivity contribution is 6.23. The standard InChI is InChI=1S/C22H16N4O/c27-22-18-4-2-1-3-17(18)21-19(22)20(25-26-21)15-7-5-14(6-8-15)13-24-16-9-11-23-12-10-16/h1-12H,13H2,(H,23,24)(H,25,26). The molecule has 2 aromatic carbocycles. The minimum atomic E-state index is 0.0350. The quantitative estimate of drug-likeness (QED) is 0.506. The van der Waals surface area contributed by atoms with Crippen molar-refractivity contribution in [1.29, 1.82) is 0 Å². The predicted octanol–water partition coefficient (Wildman–Crippen LogP) is 4.30. The van der Waals surface area contributed by atoms with E-state index >= 15 is 0 Å². The second kappa shape index (κ2) is 6.21. The zero-order valence-corrected chi connectivity index (χ0v) is 14.4. The van der Waals surface area contributed by atoms with Gasteiger partial charge in [-0.15, -0.1) is 0 Å². The lowest BCUT2D eigenvalue weighted by molar-refractivity contribution is 0.104. The minimum Gasteiger partial charge on any atom is -0.381 e. The third-order valence-corrected chi connectivity index (χ3v) is 4.84. The molecule has 5 rings (SSSR count). The summed E-state index contributed by atoms with van der Waals surface area (Å²) in [5.41, 5.74) is 6.96. The summed E-state index contributed by atoms with van der Waals surface area (Å²) in [7, 11) is 0. The smallest absolute Gasteiger partial charge is 0.198 e. The van der Waals surface area contributed by atoms with Gasteiger partial charge in [0.2, 0.25) is 0 Å². The summed E-state index contributed by atoms with van der Waals surface area (Å²) in [5.74, 6) is 0.0350. The number of hydrogen-bond acceptors (Lipinski definition) is 4. The van der Waals surface area contributed by atoms with Gasteiger partial charge < -0.3 is 5.32 Å². The summed E-state index contributed by atoms with van der Waals surface area (Å²) in [5, 5.41) is 10.8. The minimum absolute atomic E-state index is 0.0350. The second-order valence-electron chi connectivity index (χ2n) is 6.48. The highest BCUT2D eigenvalue weighted by Crippen LogP contribution is 2.39. The Bertz CT molecular complexity index is 1130. The average Bonchev–Trinajstić information content (AvgIpc) is 3.28. The van der Waals surface area contributed by atoms with Crippen molar-refractivity contribution in [2.75, 3.05) is 5.32 Å². The molecule has 0 saturated heterocycles. The number of hydrogen-bond donors (Lipinski definition) is 2. The van der Waals surface area contributed by atoms with Gasteiger partial charge in [0, 0.05) is 41.3 Å². The van der Waals surface area contributed by atoms with Gasteiger partial charge in [0.15, 0.2) is 5.78 Å². The van der Waals surface area contributed by atoms with Crippen LogP contribution in [-0.4, -0.2) is 21.0 Å². The first-order valence-corrected chi connectivity index (χ1v) is 8.77. The van der Waals surface area contributed by atoms with E-state index in [-0.39, 0.29) is 5.78 Å². The Labute approximate surface area is 156 Å². The van der Waals surface area contributed by atoms with Crippen molar-refractivity contribution in [3.8, 4) is 22.5 Å². The van der Waals surface area contributed by atoms with E-state index in [9.17, 15) is 4.79 Å². The SMILES string of the molecule is O=C1c2ccccc2-c2[nH]nc(-c3ccc(CNc4ccncc4)cc3)c21. The molecule has 4 aromatic rings. The number of pyridine rings is 1. The molecule has 0 atom stereocenters. The van der Waals surface area contributed by atoms with Gasteiger partial charge in [0.05, 0.1) is 11.3 Å². The van der Waals surface area contributed by atoms with Crippen LogP contribution in [0.5, 0.6) is 0 Å².